The topological polar surface area (TPSA) is 65.7 Å². The Hall–Kier alpha value is -1.63. The van der Waals surface area contributed by atoms with Gasteiger partial charge in [0.25, 0.3) is 0 Å². The maximum Gasteiger partial charge on any atom is 0.320 e. The van der Waals surface area contributed by atoms with E-state index in [2.05, 4.69) is 35.8 Å². The van der Waals surface area contributed by atoms with Crippen LogP contribution in [0.15, 0.2) is 4.52 Å². The molecule has 2 amide bonds. The van der Waals surface area contributed by atoms with Gasteiger partial charge in [0.2, 0.25) is 5.89 Å². The van der Waals surface area contributed by atoms with Crippen LogP contribution in [0.2, 0.25) is 0 Å². The van der Waals surface area contributed by atoms with Crippen LogP contribution in [0.25, 0.3) is 0 Å². The smallest absolute Gasteiger partial charge is 0.320 e. The summed E-state index contributed by atoms with van der Waals surface area (Å²) < 4.78 is 5.40. The monoisotopic (exact) mass is 323 g/mol. The van der Waals surface area contributed by atoms with Crippen LogP contribution >= 0.6 is 0 Å². The van der Waals surface area contributed by atoms with Gasteiger partial charge in [-0.3, -0.25) is 4.90 Å². The SMILES string of the molecule is CCN(CC)C(=O)N1CCN([C@@H](C)c2nc(C(C)C)no2)CC1. The Balaban J connectivity index is 1.91. The minimum Gasteiger partial charge on any atom is -0.338 e. The summed E-state index contributed by atoms with van der Waals surface area (Å²) in [5, 5.41) is 4.04. The number of hydrogen-bond donors (Lipinski definition) is 0. The molecular weight excluding hydrogens is 294 g/mol. The summed E-state index contributed by atoms with van der Waals surface area (Å²) in [6.07, 6.45) is 0. The van der Waals surface area contributed by atoms with Crippen molar-refractivity contribution in [2.45, 2.75) is 46.6 Å². The fourth-order valence-electron chi connectivity index (χ4n) is 2.80. The van der Waals surface area contributed by atoms with E-state index in [9.17, 15) is 4.79 Å². The van der Waals surface area contributed by atoms with Crippen molar-refractivity contribution in [3.8, 4) is 0 Å². The summed E-state index contributed by atoms with van der Waals surface area (Å²) in [6, 6.07) is 0.225. The second kappa shape index (κ2) is 7.77. The van der Waals surface area contributed by atoms with Gasteiger partial charge in [-0.1, -0.05) is 19.0 Å². The zero-order valence-corrected chi connectivity index (χ0v) is 14.9. The summed E-state index contributed by atoms with van der Waals surface area (Å²) in [5.41, 5.74) is 0. The third-order valence-corrected chi connectivity index (χ3v) is 4.50. The Labute approximate surface area is 138 Å². The molecule has 23 heavy (non-hydrogen) atoms. The van der Waals surface area contributed by atoms with Crippen LogP contribution < -0.4 is 0 Å². The van der Waals surface area contributed by atoms with Gasteiger partial charge in [0, 0.05) is 45.2 Å². The predicted octanol–water partition coefficient (Wildman–Crippen LogP) is 2.33. The Kier molecular flexibility index (Phi) is 5.98. The van der Waals surface area contributed by atoms with Gasteiger partial charge in [-0.2, -0.15) is 4.98 Å². The van der Waals surface area contributed by atoms with Crippen molar-refractivity contribution in [1.29, 1.82) is 0 Å². The summed E-state index contributed by atoms with van der Waals surface area (Å²) in [7, 11) is 0. The molecule has 1 saturated heterocycles. The highest BCUT2D eigenvalue weighted by atomic mass is 16.5. The van der Waals surface area contributed by atoms with Crippen molar-refractivity contribution in [3.63, 3.8) is 0 Å². The van der Waals surface area contributed by atoms with E-state index < -0.39 is 0 Å². The van der Waals surface area contributed by atoms with E-state index in [0.29, 0.717) is 5.89 Å². The van der Waals surface area contributed by atoms with Crippen molar-refractivity contribution in [2.24, 2.45) is 0 Å². The number of rotatable bonds is 5. The first-order valence-electron chi connectivity index (χ1n) is 8.59. The maximum atomic E-state index is 12.4. The van der Waals surface area contributed by atoms with Crippen LogP contribution in [-0.4, -0.2) is 70.1 Å². The molecule has 1 aromatic heterocycles. The second-order valence-electron chi connectivity index (χ2n) is 6.30. The fourth-order valence-corrected chi connectivity index (χ4v) is 2.80. The van der Waals surface area contributed by atoms with Crippen molar-refractivity contribution in [2.75, 3.05) is 39.3 Å². The number of amides is 2. The standard InChI is InChI=1S/C16H29N5O2/c1-6-19(7-2)16(22)21-10-8-20(9-11-21)13(5)15-17-14(12(3)4)18-23-15/h12-13H,6-11H2,1-5H3/t13-/m0/s1. The molecule has 7 nitrogen and oxygen atoms in total. The number of carbonyl (C=O) groups excluding carboxylic acids is 1. The average Bonchev–Trinajstić information content (AvgIpc) is 3.05. The highest BCUT2D eigenvalue weighted by Crippen LogP contribution is 2.22. The average molecular weight is 323 g/mol. The zero-order chi connectivity index (χ0) is 17.0. The minimum absolute atomic E-state index is 0.0840. The van der Waals surface area contributed by atoms with Gasteiger partial charge < -0.3 is 14.3 Å². The molecule has 2 rings (SSSR count). The molecule has 0 radical (unpaired) electrons. The van der Waals surface area contributed by atoms with Gasteiger partial charge >= 0.3 is 6.03 Å². The summed E-state index contributed by atoms with van der Waals surface area (Å²) in [6.45, 7) is 14.9. The first-order chi connectivity index (χ1) is 11.0. The van der Waals surface area contributed by atoms with E-state index in [1.54, 1.807) is 0 Å². The Morgan fingerprint density at radius 3 is 2.26 bits per heavy atom. The molecule has 0 unspecified atom stereocenters. The van der Waals surface area contributed by atoms with Crippen LogP contribution in [0, 0.1) is 0 Å². The molecule has 130 valence electrons. The zero-order valence-electron chi connectivity index (χ0n) is 14.9. The molecule has 0 aliphatic carbocycles. The van der Waals surface area contributed by atoms with E-state index in [-0.39, 0.29) is 18.0 Å². The van der Waals surface area contributed by atoms with Crippen molar-refractivity contribution in [3.05, 3.63) is 11.7 Å². The lowest BCUT2D eigenvalue weighted by Gasteiger charge is -2.38. The number of carbonyl (C=O) groups is 1. The molecule has 0 saturated carbocycles. The number of nitrogens with zero attached hydrogens (tertiary/aromatic N) is 5. The summed E-state index contributed by atoms with van der Waals surface area (Å²) in [4.78, 5) is 23.0. The van der Waals surface area contributed by atoms with Crippen molar-refractivity contribution < 1.29 is 9.32 Å². The number of urea groups is 1. The third-order valence-electron chi connectivity index (χ3n) is 4.50. The predicted molar refractivity (Wildman–Crippen MR) is 88.3 cm³/mol. The molecule has 0 N–H and O–H groups in total. The van der Waals surface area contributed by atoms with E-state index in [1.807, 2.05) is 23.6 Å². The Bertz CT molecular complexity index is 504. The highest BCUT2D eigenvalue weighted by molar-refractivity contribution is 5.74. The van der Waals surface area contributed by atoms with Crippen LogP contribution in [0.4, 0.5) is 4.79 Å². The van der Waals surface area contributed by atoms with Gasteiger partial charge in [-0.25, -0.2) is 4.79 Å². The van der Waals surface area contributed by atoms with Crippen LogP contribution in [0.5, 0.6) is 0 Å². The summed E-state index contributed by atoms with van der Waals surface area (Å²) >= 11 is 0. The Morgan fingerprint density at radius 2 is 1.78 bits per heavy atom. The van der Waals surface area contributed by atoms with Gasteiger partial charge in [0.05, 0.1) is 6.04 Å². The molecule has 1 fully saturated rings. The number of piperazine rings is 1. The third kappa shape index (κ3) is 4.02. The second-order valence-corrected chi connectivity index (χ2v) is 6.30. The van der Waals surface area contributed by atoms with E-state index >= 15 is 0 Å². The molecular formula is C16H29N5O2. The molecule has 7 heteroatoms. The van der Waals surface area contributed by atoms with E-state index in [1.165, 1.54) is 0 Å². The number of hydrogen-bond acceptors (Lipinski definition) is 5. The molecule has 1 aliphatic heterocycles. The normalized spacial score (nSPS) is 17.6. The summed E-state index contributed by atoms with van der Waals surface area (Å²) in [5.74, 6) is 1.68. The molecule has 0 spiro atoms. The van der Waals surface area contributed by atoms with Gasteiger partial charge in [0.15, 0.2) is 5.82 Å². The quantitative estimate of drug-likeness (QED) is 0.832. The van der Waals surface area contributed by atoms with E-state index in [4.69, 9.17) is 4.52 Å². The van der Waals surface area contributed by atoms with Crippen LogP contribution in [0.3, 0.4) is 0 Å². The lowest BCUT2D eigenvalue weighted by molar-refractivity contribution is 0.0866. The molecule has 1 atom stereocenters. The fraction of sp³-hybridized carbons (Fsp3) is 0.812. The lowest BCUT2D eigenvalue weighted by atomic mass is 10.2. The van der Waals surface area contributed by atoms with Crippen molar-refractivity contribution >= 4 is 6.03 Å². The maximum absolute atomic E-state index is 12.4. The van der Waals surface area contributed by atoms with Gasteiger partial charge in [-0.05, 0) is 20.8 Å². The molecule has 1 aliphatic rings. The van der Waals surface area contributed by atoms with E-state index in [0.717, 1.165) is 45.1 Å². The first-order valence-corrected chi connectivity index (χ1v) is 8.59. The first kappa shape index (κ1) is 17.7. The van der Waals surface area contributed by atoms with Crippen LogP contribution in [-0.2, 0) is 0 Å². The van der Waals surface area contributed by atoms with Crippen molar-refractivity contribution in [1.82, 2.24) is 24.8 Å². The Morgan fingerprint density at radius 1 is 1.17 bits per heavy atom. The lowest BCUT2D eigenvalue weighted by Crippen LogP contribution is -2.53. The number of aromatic nitrogens is 2. The molecule has 0 aromatic carbocycles. The highest BCUT2D eigenvalue weighted by Gasteiger charge is 2.29. The molecule has 2 heterocycles. The minimum atomic E-state index is 0.0840. The molecule has 0 bridgehead atoms. The van der Waals surface area contributed by atoms with Gasteiger partial charge in [-0.15, -0.1) is 0 Å². The largest absolute Gasteiger partial charge is 0.338 e. The van der Waals surface area contributed by atoms with Gasteiger partial charge in [0.1, 0.15) is 0 Å². The molecule has 1 aromatic rings. The van der Waals surface area contributed by atoms with Crippen LogP contribution in [0.1, 0.15) is 58.3 Å².